The Bertz CT molecular complexity index is 585. The summed E-state index contributed by atoms with van der Waals surface area (Å²) in [5, 5.41) is 5.37. The van der Waals surface area contributed by atoms with E-state index in [9.17, 15) is 4.79 Å². The zero-order valence-electron chi connectivity index (χ0n) is 16.3. The fourth-order valence-electron chi connectivity index (χ4n) is 3.78. The van der Waals surface area contributed by atoms with E-state index in [0.717, 1.165) is 31.4 Å². The van der Waals surface area contributed by atoms with E-state index in [1.165, 1.54) is 56.5 Å². The zero-order valence-corrected chi connectivity index (χ0v) is 17.1. The number of nitrogens with one attached hydrogen (secondary N) is 1. The Labute approximate surface area is 160 Å². The smallest absolute Gasteiger partial charge is 0.413 e. The number of hydrogen-bond acceptors (Lipinski definition) is 6. The molecule has 0 radical (unpaired) electrons. The summed E-state index contributed by atoms with van der Waals surface area (Å²) >= 11 is 1.46. The molecule has 0 atom stereocenters. The topological polar surface area (TPSA) is 57.7 Å². The number of thiazole rings is 1. The molecule has 3 heterocycles. The minimum Gasteiger partial charge on any atom is -0.444 e. The number of likely N-dealkylation sites (tertiary alicyclic amines) is 2. The third-order valence-corrected chi connectivity index (χ3v) is 5.82. The van der Waals surface area contributed by atoms with Gasteiger partial charge in [-0.1, -0.05) is 6.42 Å². The van der Waals surface area contributed by atoms with Crippen LogP contribution in [0, 0.1) is 0 Å². The Morgan fingerprint density at radius 2 is 1.92 bits per heavy atom. The summed E-state index contributed by atoms with van der Waals surface area (Å²) in [7, 11) is 0. The van der Waals surface area contributed by atoms with Crippen LogP contribution in [0.1, 0.15) is 58.6 Å². The largest absolute Gasteiger partial charge is 0.444 e. The monoisotopic (exact) mass is 380 g/mol. The molecule has 1 amide bonds. The van der Waals surface area contributed by atoms with Crippen LogP contribution in [0.5, 0.6) is 0 Å². The number of hydrogen-bond donors (Lipinski definition) is 1. The van der Waals surface area contributed by atoms with E-state index in [2.05, 4.69) is 20.1 Å². The van der Waals surface area contributed by atoms with E-state index in [1.807, 2.05) is 26.2 Å². The first-order valence-corrected chi connectivity index (χ1v) is 10.7. The van der Waals surface area contributed by atoms with Crippen molar-refractivity contribution in [1.29, 1.82) is 0 Å². The molecule has 0 unspecified atom stereocenters. The number of carbonyl (C=O) groups is 1. The van der Waals surface area contributed by atoms with Crippen molar-refractivity contribution in [3.05, 3.63) is 11.1 Å². The van der Waals surface area contributed by atoms with Crippen LogP contribution in [0.3, 0.4) is 0 Å². The minimum atomic E-state index is -0.497. The lowest BCUT2D eigenvalue weighted by atomic mass is 10.00. The van der Waals surface area contributed by atoms with Crippen LogP contribution >= 0.6 is 11.3 Å². The van der Waals surface area contributed by atoms with Crippen LogP contribution in [0.2, 0.25) is 0 Å². The molecule has 2 fully saturated rings. The molecule has 2 saturated heterocycles. The molecule has 146 valence electrons. The Balaban J connectivity index is 1.43. The lowest BCUT2D eigenvalue weighted by Gasteiger charge is -2.40. The summed E-state index contributed by atoms with van der Waals surface area (Å²) in [4.78, 5) is 21.5. The molecule has 2 aliphatic heterocycles. The van der Waals surface area contributed by atoms with Gasteiger partial charge >= 0.3 is 6.09 Å². The van der Waals surface area contributed by atoms with Crippen molar-refractivity contribution < 1.29 is 9.53 Å². The molecule has 26 heavy (non-hydrogen) atoms. The van der Waals surface area contributed by atoms with Gasteiger partial charge in [0.05, 0.1) is 5.69 Å². The van der Waals surface area contributed by atoms with E-state index >= 15 is 0 Å². The Kier molecular flexibility index (Phi) is 6.53. The molecular formula is C19H32N4O2S. The second kappa shape index (κ2) is 8.67. The highest BCUT2D eigenvalue weighted by molar-refractivity contribution is 7.13. The molecule has 0 bridgehead atoms. The highest BCUT2D eigenvalue weighted by Crippen LogP contribution is 2.23. The summed E-state index contributed by atoms with van der Waals surface area (Å²) in [6.45, 7) is 11.3. The third-order valence-electron chi connectivity index (χ3n) is 5.01. The van der Waals surface area contributed by atoms with Gasteiger partial charge in [-0.3, -0.25) is 10.2 Å². The standard InChI is InChI=1S/C19H32N4O2S/c1-19(2,3)25-18(24)21-17-20-15(14-26-17)13-22-11-7-16(8-12-22)23-9-5-4-6-10-23/h14,16H,4-13H2,1-3H3,(H,20,21,24). The normalized spacial score (nSPS) is 20.9. The van der Waals surface area contributed by atoms with E-state index < -0.39 is 11.7 Å². The predicted octanol–water partition coefficient (Wildman–Crippen LogP) is 3.94. The number of ether oxygens (including phenoxy) is 1. The van der Waals surface area contributed by atoms with Crippen LogP contribution in [0.25, 0.3) is 0 Å². The first-order valence-electron chi connectivity index (χ1n) is 9.80. The molecule has 0 saturated carbocycles. The average molecular weight is 381 g/mol. The first-order chi connectivity index (χ1) is 12.4. The van der Waals surface area contributed by atoms with Crippen LogP contribution in [-0.4, -0.2) is 58.7 Å². The van der Waals surface area contributed by atoms with Crippen molar-refractivity contribution in [2.45, 2.75) is 71.1 Å². The Morgan fingerprint density at radius 3 is 2.58 bits per heavy atom. The molecule has 0 spiro atoms. The van der Waals surface area contributed by atoms with Gasteiger partial charge in [-0.2, -0.15) is 0 Å². The van der Waals surface area contributed by atoms with Crippen molar-refractivity contribution in [3.8, 4) is 0 Å². The maximum atomic E-state index is 11.8. The summed E-state index contributed by atoms with van der Waals surface area (Å²) in [6.07, 6.45) is 6.21. The van der Waals surface area contributed by atoms with E-state index in [1.54, 1.807) is 0 Å². The molecule has 2 aliphatic rings. The van der Waals surface area contributed by atoms with Crippen molar-refractivity contribution >= 4 is 22.6 Å². The van der Waals surface area contributed by atoms with Gasteiger partial charge in [0.25, 0.3) is 0 Å². The van der Waals surface area contributed by atoms with Gasteiger partial charge < -0.3 is 9.64 Å². The molecule has 3 rings (SSSR count). The Morgan fingerprint density at radius 1 is 1.23 bits per heavy atom. The zero-order chi connectivity index (χ0) is 18.6. The van der Waals surface area contributed by atoms with Gasteiger partial charge in [0.15, 0.2) is 5.13 Å². The van der Waals surface area contributed by atoms with Crippen molar-refractivity contribution in [2.75, 3.05) is 31.5 Å². The number of piperidine rings is 2. The van der Waals surface area contributed by atoms with Gasteiger partial charge in [-0.25, -0.2) is 9.78 Å². The molecule has 1 aromatic rings. The van der Waals surface area contributed by atoms with Gasteiger partial charge in [0.2, 0.25) is 0 Å². The number of carbonyl (C=O) groups excluding carboxylic acids is 1. The lowest BCUT2D eigenvalue weighted by molar-refractivity contribution is 0.0636. The summed E-state index contributed by atoms with van der Waals surface area (Å²) in [5.41, 5.74) is 0.528. The number of amides is 1. The molecule has 6 nitrogen and oxygen atoms in total. The second-order valence-electron chi connectivity index (χ2n) is 8.37. The fourth-order valence-corrected chi connectivity index (χ4v) is 4.47. The van der Waals surface area contributed by atoms with Crippen molar-refractivity contribution in [2.24, 2.45) is 0 Å². The van der Waals surface area contributed by atoms with Crippen LogP contribution in [0.4, 0.5) is 9.93 Å². The van der Waals surface area contributed by atoms with E-state index in [4.69, 9.17) is 4.74 Å². The van der Waals surface area contributed by atoms with Crippen molar-refractivity contribution in [1.82, 2.24) is 14.8 Å². The minimum absolute atomic E-state index is 0.444. The maximum Gasteiger partial charge on any atom is 0.413 e. The summed E-state index contributed by atoms with van der Waals surface area (Å²) < 4.78 is 5.27. The van der Waals surface area contributed by atoms with E-state index in [0.29, 0.717) is 5.13 Å². The van der Waals surface area contributed by atoms with Gasteiger partial charge in [0.1, 0.15) is 5.60 Å². The van der Waals surface area contributed by atoms with E-state index in [-0.39, 0.29) is 0 Å². The molecule has 0 aliphatic carbocycles. The molecule has 0 aromatic carbocycles. The highest BCUT2D eigenvalue weighted by atomic mass is 32.1. The van der Waals surface area contributed by atoms with Crippen LogP contribution < -0.4 is 5.32 Å². The second-order valence-corrected chi connectivity index (χ2v) is 9.23. The number of anilines is 1. The fraction of sp³-hybridized carbons (Fsp3) is 0.789. The van der Waals surface area contributed by atoms with Gasteiger partial charge in [-0.15, -0.1) is 11.3 Å². The molecule has 1 aromatic heterocycles. The number of nitrogens with zero attached hydrogens (tertiary/aromatic N) is 3. The highest BCUT2D eigenvalue weighted by Gasteiger charge is 2.26. The quantitative estimate of drug-likeness (QED) is 0.857. The van der Waals surface area contributed by atoms with Gasteiger partial charge in [-0.05, 0) is 59.5 Å². The van der Waals surface area contributed by atoms with Crippen LogP contribution in [-0.2, 0) is 11.3 Å². The van der Waals surface area contributed by atoms with Crippen molar-refractivity contribution in [3.63, 3.8) is 0 Å². The predicted molar refractivity (Wildman–Crippen MR) is 106 cm³/mol. The third kappa shape index (κ3) is 5.93. The number of aromatic nitrogens is 1. The summed E-state index contributed by atoms with van der Waals surface area (Å²) in [5.74, 6) is 0. The average Bonchev–Trinajstić information content (AvgIpc) is 3.01. The summed E-state index contributed by atoms with van der Waals surface area (Å²) in [6, 6.07) is 0.770. The molecular weight excluding hydrogens is 348 g/mol. The SMILES string of the molecule is CC(C)(C)OC(=O)Nc1nc(CN2CCC(N3CCCCC3)CC2)cs1. The maximum absolute atomic E-state index is 11.8. The Hall–Kier alpha value is -1.18. The lowest BCUT2D eigenvalue weighted by Crippen LogP contribution is -2.46. The van der Waals surface area contributed by atoms with Gasteiger partial charge in [0, 0.05) is 31.1 Å². The molecule has 1 N–H and O–H groups in total. The van der Waals surface area contributed by atoms with Crippen LogP contribution in [0.15, 0.2) is 5.38 Å². The molecule has 7 heteroatoms. The number of rotatable bonds is 4. The first kappa shape index (κ1) is 19.6.